The lowest BCUT2D eigenvalue weighted by atomic mass is 9.73. The van der Waals surface area contributed by atoms with Crippen molar-refractivity contribution in [3.05, 3.63) is 0 Å². The van der Waals surface area contributed by atoms with Gasteiger partial charge in [0.1, 0.15) is 0 Å². The van der Waals surface area contributed by atoms with E-state index < -0.39 is 18.7 Å². The number of amides is 2. The molecule has 3 N–H and O–H groups in total. The number of rotatable bonds is 6. The van der Waals surface area contributed by atoms with Gasteiger partial charge < -0.3 is 15.7 Å². The molecule has 1 saturated carbocycles. The van der Waals surface area contributed by atoms with Crippen LogP contribution in [0.2, 0.25) is 0 Å². The Morgan fingerprint density at radius 1 is 1.29 bits per heavy atom. The summed E-state index contributed by atoms with van der Waals surface area (Å²) >= 11 is 0. The van der Waals surface area contributed by atoms with Gasteiger partial charge >= 0.3 is 12.2 Å². The van der Waals surface area contributed by atoms with E-state index in [2.05, 4.69) is 10.6 Å². The Balaban J connectivity index is 2.13. The molecule has 1 aliphatic rings. The number of halogens is 3. The predicted molar refractivity (Wildman–Crippen MR) is 73.9 cm³/mol. The third-order valence-corrected chi connectivity index (χ3v) is 4.11. The van der Waals surface area contributed by atoms with E-state index in [-0.39, 0.29) is 24.4 Å². The zero-order chi connectivity index (χ0) is 15.9. The minimum Gasteiger partial charge on any atom is -0.392 e. The van der Waals surface area contributed by atoms with Crippen molar-refractivity contribution in [1.82, 2.24) is 10.6 Å². The zero-order valence-electron chi connectivity index (χ0n) is 12.4. The second-order valence-electron chi connectivity index (χ2n) is 6.10. The van der Waals surface area contributed by atoms with Crippen LogP contribution in [0.25, 0.3) is 0 Å². The van der Waals surface area contributed by atoms with Gasteiger partial charge in [-0.05, 0) is 25.7 Å². The van der Waals surface area contributed by atoms with Crippen LogP contribution in [0.3, 0.4) is 0 Å². The molecule has 0 spiro atoms. The van der Waals surface area contributed by atoms with Crippen LogP contribution < -0.4 is 10.6 Å². The molecule has 124 valence electrons. The van der Waals surface area contributed by atoms with Crippen molar-refractivity contribution in [2.75, 3.05) is 13.1 Å². The van der Waals surface area contributed by atoms with Crippen LogP contribution in [0.15, 0.2) is 0 Å². The van der Waals surface area contributed by atoms with Crippen LogP contribution in [0.4, 0.5) is 18.0 Å². The molecule has 1 fully saturated rings. The number of aliphatic hydroxyl groups excluding tert-OH is 1. The van der Waals surface area contributed by atoms with Crippen molar-refractivity contribution in [2.45, 2.75) is 64.1 Å². The molecule has 0 radical (unpaired) electrons. The molecule has 0 bridgehead atoms. The van der Waals surface area contributed by atoms with E-state index in [1.807, 2.05) is 6.92 Å². The van der Waals surface area contributed by atoms with Gasteiger partial charge in [0, 0.05) is 24.9 Å². The number of hydrogen-bond donors (Lipinski definition) is 3. The first-order valence-electron chi connectivity index (χ1n) is 7.49. The quantitative estimate of drug-likeness (QED) is 0.661. The average molecular weight is 310 g/mol. The molecule has 0 aliphatic heterocycles. The number of aliphatic hydroxyl groups is 1. The number of hydrogen-bond acceptors (Lipinski definition) is 2. The number of unbranched alkanes of at least 4 members (excludes halogenated alkanes) is 1. The standard InChI is InChI=1S/C14H25F3N2O2/c1-13(7-3-2-6-11(13)20)10-19-12(21)18-9-5-4-8-14(15,16)17/h11,20H,2-10H2,1H3,(H2,18,19,21). The summed E-state index contributed by atoms with van der Waals surface area (Å²) in [6.45, 7) is 2.55. The van der Waals surface area contributed by atoms with Crippen molar-refractivity contribution < 1.29 is 23.1 Å². The van der Waals surface area contributed by atoms with Crippen molar-refractivity contribution in [3.63, 3.8) is 0 Å². The van der Waals surface area contributed by atoms with Crippen LogP contribution in [0.5, 0.6) is 0 Å². The van der Waals surface area contributed by atoms with Gasteiger partial charge in [-0.25, -0.2) is 4.79 Å². The highest BCUT2D eigenvalue weighted by molar-refractivity contribution is 5.73. The number of alkyl halides is 3. The molecular weight excluding hydrogens is 285 g/mol. The minimum absolute atomic E-state index is 0.0141. The van der Waals surface area contributed by atoms with Gasteiger partial charge in [0.15, 0.2) is 0 Å². The molecule has 7 heteroatoms. The Morgan fingerprint density at radius 3 is 2.62 bits per heavy atom. The summed E-state index contributed by atoms with van der Waals surface area (Å²) in [7, 11) is 0. The van der Waals surface area contributed by atoms with E-state index in [1.165, 1.54) is 0 Å². The van der Waals surface area contributed by atoms with E-state index >= 15 is 0 Å². The molecule has 4 nitrogen and oxygen atoms in total. The summed E-state index contributed by atoms with van der Waals surface area (Å²) in [5, 5.41) is 15.2. The Labute approximate surface area is 123 Å². The summed E-state index contributed by atoms with van der Waals surface area (Å²) < 4.78 is 35.8. The lowest BCUT2D eigenvalue weighted by Crippen LogP contribution is -2.47. The third-order valence-electron chi connectivity index (χ3n) is 4.11. The van der Waals surface area contributed by atoms with Crippen LogP contribution >= 0.6 is 0 Å². The fourth-order valence-electron chi connectivity index (χ4n) is 2.58. The molecule has 0 aromatic rings. The maximum atomic E-state index is 11.9. The number of urea groups is 1. The maximum Gasteiger partial charge on any atom is 0.389 e. The van der Waals surface area contributed by atoms with Crippen molar-refractivity contribution in [1.29, 1.82) is 0 Å². The van der Waals surface area contributed by atoms with E-state index in [0.29, 0.717) is 13.0 Å². The van der Waals surface area contributed by atoms with Crippen LogP contribution in [-0.4, -0.2) is 36.5 Å². The van der Waals surface area contributed by atoms with Crippen molar-refractivity contribution >= 4 is 6.03 Å². The number of carbonyl (C=O) groups is 1. The van der Waals surface area contributed by atoms with Crippen molar-refractivity contribution in [3.8, 4) is 0 Å². The lowest BCUT2D eigenvalue weighted by molar-refractivity contribution is -0.135. The van der Waals surface area contributed by atoms with Gasteiger partial charge in [0.05, 0.1) is 6.10 Å². The molecule has 21 heavy (non-hydrogen) atoms. The smallest absolute Gasteiger partial charge is 0.389 e. The van der Waals surface area contributed by atoms with Gasteiger partial charge in [0.2, 0.25) is 0 Å². The van der Waals surface area contributed by atoms with Crippen LogP contribution in [-0.2, 0) is 0 Å². The van der Waals surface area contributed by atoms with Gasteiger partial charge in [0.25, 0.3) is 0 Å². The first kappa shape index (κ1) is 18.1. The number of carbonyl (C=O) groups excluding carboxylic acids is 1. The van der Waals surface area contributed by atoms with Crippen LogP contribution in [0.1, 0.15) is 51.9 Å². The first-order chi connectivity index (χ1) is 9.73. The average Bonchev–Trinajstić information content (AvgIpc) is 2.38. The SMILES string of the molecule is CC1(CNC(=O)NCCCCC(F)(F)F)CCCCC1O. The highest BCUT2D eigenvalue weighted by Crippen LogP contribution is 2.35. The fourth-order valence-corrected chi connectivity index (χ4v) is 2.58. The summed E-state index contributed by atoms with van der Waals surface area (Å²) in [6.07, 6.45) is -1.41. The van der Waals surface area contributed by atoms with E-state index in [0.717, 1.165) is 25.7 Å². The predicted octanol–water partition coefficient (Wildman–Crippen LogP) is 2.96. The molecule has 1 rings (SSSR count). The van der Waals surface area contributed by atoms with Crippen molar-refractivity contribution in [2.24, 2.45) is 5.41 Å². The number of nitrogens with one attached hydrogen (secondary N) is 2. The second-order valence-corrected chi connectivity index (χ2v) is 6.10. The Kier molecular flexibility index (Phi) is 6.77. The van der Waals surface area contributed by atoms with E-state index in [9.17, 15) is 23.1 Å². The highest BCUT2D eigenvalue weighted by atomic mass is 19.4. The Hall–Kier alpha value is -0.980. The third kappa shape index (κ3) is 7.02. The maximum absolute atomic E-state index is 11.9. The lowest BCUT2D eigenvalue weighted by Gasteiger charge is -2.38. The van der Waals surface area contributed by atoms with E-state index in [1.54, 1.807) is 0 Å². The summed E-state index contributed by atoms with van der Waals surface area (Å²) in [6, 6.07) is -0.388. The summed E-state index contributed by atoms with van der Waals surface area (Å²) in [5.41, 5.74) is -0.314. The second kappa shape index (κ2) is 7.87. The summed E-state index contributed by atoms with van der Waals surface area (Å²) in [4.78, 5) is 11.6. The molecule has 2 unspecified atom stereocenters. The topological polar surface area (TPSA) is 61.4 Å². The van der Waals surface area contributed by atoms with E-state index in [4.69, 9.17) is 0 Å². The Morgan fingerprint density at radius 2 is 2.00 bits per heavy atom. The van der Waals surface area contributed by atoms with Gasteiger partial charge in [-0.3, -0.25) is 0 Å². The van der Waals surface area contributed by atoms with Gasteiger partial charge in [-0.2, -0.15) is 13.2 Å². The largest absolute Gasteiger partial charge is 0.392 e. The molecule has 0 aromatic carbocycles. The minimum atomic E-state index is -4.13. The Bertz CT molecular complexity index is 337. The molecular formula is C14H25F3N2O2. The van der Waals surface area contributed by atoms with Gasteiger partial charge in [-0.1, -0.05) is 19.8 Å². The van der Waals surface area contributed by atoms with Crippen LogP contribution in [0, 0.1) is 5.41 Å². The zero-order valence-corrected chi connectivity index (χ0v) is 12.4. The normalized spacial score (nSPS) is 26.4. The molecule has 1 aliphatic carbocycles. The monoisotopic (exact) mass is 310 g/mol. The molecule has 0 heterocycles. The molecule has 0 aromatic heterocycles. The molecule has 0 saturated heterocycles. The van der Waals surface area contributed by atoms with Gasteiger partial charge in [-0.15, -0.1) is 0 Å². The highest BCUT2D eigenvalue weighted by Gasteiger charge is 2.35. The fraction of sp³-hybridized carbons (Fsp3) is 0.929. The molecule has 2 atom stereocenters. The first-order valence-corrected chi connectivity index (χ1v) is 7.49. The summed E-state index contributed by atoms with van der Waals surface area (Å²) in [5.74, 6) is 0. The molecule has 2 amide bonds.